The van der Waals surface area contributed by atoms with Crippen molar-refractivity contribution in [3.63, 3.8) is 0 Å². The fraction of sp³-hybridized carbons (Fsp3) is 0.500. The lowest BCUT2D eigenvalue weighted by Crippen LogP contribution is -2.38. The topological polar surface area (TPSA) is 55.6 Å². The fourth-order valence-corrected chi connectivity index (χ4v) is 3.00. The third kappa shape index (κ3) is 2.42. The Bertz CT molecular complexity index is 490. The second-order valence-corrected chi connectivity index (χ2v) is 5.47. The van der Waals surface area contributed by atoms with Crippen molar-refractivity contribution in [2.45, 2.75) is 38.4 Å². The number of nitrogens with two attached hydrogens (primary N) is 1. The minimum Gasteiger partial charge on any atom is -0.496 e. The highest BCUT2D eigenvalue weighted by Gasteiger charge is 2.42. The summed E-state index contributed by atoms with van der Waals surface area (Å²) in [6, 6.07) is 5.06. The normalized spacial score (nSPS) is 23.3. The first kappa shape index (κ1) is 14.2. The summed E-state index contributed by atoms with van der Waals surface area (Å²) < 4.78 is 5.37. The van der Waals surface area contributed by atoms with Crippen LogP contribution in [-0.2, 0) is 4.79 Å². The van der Waals surface area contributed by atoms with E-state index in [9.17, 15) is 4.79 Å². The molecule has 0 aromatic heterocycles. The maximum absolute atomic E-state index is 12.1. The highest BCUT2D eigenvalue weighted by molar-refractivity contribution is 6.31. The fourth-order valence-electron chi connectivity index (χ4n) is 2.72. The van der Waals surface area contributed by atoms with Crippen molar-refractivity contribution in [2.24, 2.45) is 5.73 Å². The molecule has 1 aliphatic rings. The van der Waals surface area contributed by atoms with E-state index in [0.29, 0.717) is 17.2 Å². The third-order valence-electron chi connectivity index (χ3n) is 3.49. The van der Waals surface area contributed by atoms with Gasteiger partial charge >= 0.3 is 0 Å². The summed E-state index contributed by atoms with van der Waals surface area (Å²) in [5.74, 6) is 0.739. The summed E-state index contributed by atoms with van der Waals surface area (Å²) in [4.78, 5) is 13.9. The number of halogens is 1. The summed E-state index contributed by atoms with van der Waals surface area (Å²) in [5.41, 5.74) is 6.95. The Balaban J connectivity index is 2.53. The summed E-state index contributed by atoms with van der Waals surface area (Å²) in [6.07, 6.45) is 0.344. The lowest BCUT2D eigenvalue weighted by atomic mass is 9.99. The molecule has 1 aliphatic heterocycles. The van der Waals surface area contributed by atoms with Gasteiger partial charge in [-0.25, -0.2) is 0 Å². The molecule has 2 atom stereocenters. The molecule has 5 heteroatoms. The Morgan fingerprint density at radius 2 is 2.16 bits per heavy atom. The zero-order valence-electron chi connectivity index (χ0n) is 11.4. The van der Waals surface area contributed by atoms with E-state index in [1.54, 1.807) is 18.1 Å². The van der Waals surface area contributed by atoms with Crippen LogP contribution in [-0.4, -0.2) is 30.0 Å². The van der Waals surface area contributed by atoms with E-state index in [4.69, 9.17) is 22.1 Å². The molecular formula is C14H19ClN2O2. The standard InChI is InChI=1S/C14H19ClN2O2/c1-8(2)17-12(18)7-10(16)14(17)13-9(15)5-4-6-11(13)19-3/h4-6,8,10,14H,7,16H2,1-3H3. The van der Waals surface area contributed by atoms with Crippen molar-refractivity contribution in [1.82, 2.24) is 4.90 Å². The molecule has 0 spiro atoms. The highest BCUT2D eigenvalue weighted by Crippen LogP contribution is 2.41. The number of amides is 1. The van der Waals surface area contributed by atoms with E-state index in [-0.39, 0.29) is 24.0 Å². The Labute approximate surface area is 118 Å². The van der Waals surface area contributed by atoms with Gasteiger partial charge in [-0.1, -0.05) is 17.7 Å². The molecule has 0 bridgehead atoms. The second kappa shape index (κ2) is 5.39. The molecule has 1 aromatic carbocycles. The highest BCUT2D eigenvalue weighted by atomic mass is 35.5. The van der Waals surface area contributed by atoms with Crippen LogP contribution in [0.3, 0.4) is 0 Å². The van der Waals surface area contributed by atoms with Gasteiger partial charge in [0.25, 0.3) is 0 Å². The van der Waals surface area contributed by atoms with Gasteiger partial charge < -0.3 is 15.4 Å². The molecule has 0 aliphatic carbocycles. The Kier molecular flexibility index (Phi) is 4.02. The van der Waals surface area contributed by atoms with Crippen molar-refractivity contribution in [1.29, 1.82) is 0 Å². The summed E-state index contributed by atoms with van der Waals surface area (Å²) in [6.45, 7) is 3.96. The predicted molar refractivity (Wildman–Crippen MR) is 75.3 cm³/mol. The van der Waals surface area contributed by atoms with E-state index in [0.717, 1.165) is 5.56 Å². The van der Waals surface area contributed by atoms with Crippen molar-refractivity contribution >= 4 is 17.5 Å². The van der Waals surface area contributed by atoms with Crippen LogP contribution in [0.15, 0.2) is 18.2 Å². The maximum atomic E-state index is 12.1. The third-order valence-corrected chi connectivity index (χ3v) is 3.82. The van der Waals surface area contributed by atoms with Gasteiger partial charge in [-0.05, 0) is 26.0 Å². The van der Waals surface area contributed by atoms with Crippen molar-refractivity contribution in [3.8, 4) is 5.75 Å². The van der Waals surface area contributed by atoms with Crippen LogP contribution in [0.5, 0.6) is 5.75 Å². The van der Waals surface area contributed by atoms with E-state index in [1.165, 1.54) is 0 Å². The Hall–Kier alpha value is -1.26. The summed E-state index contributed by atoms with van der Waals surface area (Å²) in [7, 11) is 1.59. The van der Waals surface area contributed by atoms with Crippen LogP contribution in [0.25, 0.3) is 0 Å². The molecule has 1 fully saturated rings. The molecule has 1 saturated heterocycles. The molecule has 2 unspecified atom stereocenters. The van der Waals surface area contributed by atoms with E-state index < -0.39 is 0 Å². The molecule has 19 heavy (non-hydrogen) atoms. The quantitative estimate of drug-likeness (QED) is 0.926. The average Bonchev–Trinajstić information content (AvgIpc) is 2.63. The van der Waals surface area contributed by atoms with Crippen molar-refractivity contribution < 1.29 is 9.53 Å². The predicted octanol–water partition coefficient (Wildman–Crippen LogP) is 2.36. The number of likely N-dealkylation sites (tertiary alicyclic amines) is 1. The van der Waals surface area contributed by atoms with Crippen LogP contribution < -0.4 is 10.5 Å². The van der Waals surface area contributed by atoms with Crippen LogP contribution in [0, 0.1) is 0 Å². The monoisotopic (exact) mass is 282 g/mol. The molecule has 1 heterocycles. The minimum atomic E-state index is -0.260. The second-order valence-electron chi connectivity index (χ2n) is 5.06. The maximum Gasteiger partial charge on any atom is 0.225 e. The molecule has 1 amide bonds. The zero-order valence-corrected chi connectivity index (χ0v) is 12.1. The number of carbonyl (C=O) groups excluding carboxylic acids is 1. The SMILES string of the molecule is COc1cccc(Cl)c1C1C(N)CC(=O)N1C(C)C. The van der Waals surface area contributed by atoms with Gasteiger partial charge in [-0.2, -0.15) is 0 Å². The molecule has 1 aromatic rings. The lowest BCUT2D eigenvalue weighted by molar-refractivity contribution is -0.130. The Morgan fingerprint density at radius 1 is 1.47 bits per heavy atom. The van der Waals surface area contributed by atoms with Gasteiger partial charge in [-0.3, -0.25) is 4.79 Å². The molecule has 0 radical (unpaired) electrons. The number of rotatable bonds is 3. The average molecular weight is 283 g/mol. The summed E-state index contributed by atoms with van der Waals surface area (Å²) >= 11 is 6.30. The minimum absolute atomic E-state index is 0.0643. The molecule has 0 saturated carbocycles. The summed E-state index contributed by atoms with van der Waals surface area (Å²) in [5, 5.41) is 0.583. The van der Waals surface area contributed by atoms with E-state index in [1.807, 2.05) is 26.0 Å². The van der Waals surface area contributed by atoms with Gasteiger partial charge in [0.2, 0.25) is 5.91 Å². The van der Waals surface area contributed by atoms with Gasteiger partial charge in [0.05, 0.1) is 13.2 Å². The van der Waals surface area contributed by atoms with Crippen LogP contribution in [0.4, 0.5) is 0 Å². The van der Waals surface area contributed by atoms with E-state index in [2.05, 4.69) is 0 Å². The largest absolute Gasteiger partial charge is 0.496 e. The van der Waals surface area contributed by atoms with Gasteiger partial charge in [-0.15, -0.1) is 0 Å². The van der Waals surface area contributed by atoms with Gasteiger partial charge in [0.1, 0.15) is 5.75 Å². The van der Waals surface area contributed by atoms with Crippen LogP contribution in [0.1, 0.15) is 31.9 Å². The number of benzene rings is 1. The lowest BCUT2D eigenvalue weighted by Gasteiger charge is -2.32. The van der Waals surface area contributed by atoms with Crippen LogP contribution >= 0.6 is 11.6 Å². The van der Waals surface area contributed by atoms with E-state index >= 15 is 0 Å². The van der Waals surface area contributed by atoms with Crippen molar-refractivity contribution in [3.05, 3.63) is 28.8 Å². The zero-order chi connectivity index (χ0) is 14.2. The number of methoxy groups -OCH3 is 1. The van der Waals surface area contributed by atoms with Crippen LogP contribution in [0.2, 0.25) is 5.02 Å². The first-order valence-electron chi connectivity index (χ1n) is 6.36. The smallest absolute Gasteiger partial charge is 0.225 e. The number of hydrogen-bond acceptors (Lipinski definition) is 3. The molecular weight excluding hydrogens is 264 g/mol. The molecule has 2 N–H and O–H groups in total. The van der Waals surface area contributed by atoms with Crippen molar-refractivity contribution in [2.75, 3.05) is 7.11 Å². The number of nitrogens with zero attached hydrogens (tertiary/aromatic N) is 1. The first-order chi connectivity index (χ1) is 8.97. The molecule has 4 nitrogen and oxygen atoms in total. The number of ether oxygens (including phenoxy) is 1. The number of hydrogen-bond donors (Lipinski definition) is 1. The Morgan fingerprint density at radius 3 is 2.74 bits per heavy atom. The molecule has 2 rings (SSSR count). The first-order valence-corrected chi connectivity index (χ1v) is 6.74. The number of carbonyl (C=O) groups is 1. The van der Waals surface area contributed by atoms with Gasteiger partial charge in [0.15, 0.2) is 0 Å². The van der Waals surface area contributed by atoms with Gasteiger partial charge in [0, 0.05) is 29.1 Å². The molecule has 104 valence electrons.